The molecule has 0 radical (unpaired) electrons. The van der Waals surface area contributed by atoms with Crippen LogP contribution in [0.1, 0.15) is 12.8 Å². The van der Waals surface area contributed by atoms with Gasteiger partial charge in [-0.25, -0.2) is 4.68 Å². The fourth-order valence-electron chi connectivity index (χ4n) is 1.35. The number of rotatable bonds is 4. The zero-order valence-corrected chi connectivity index (χ0v) is 8.85. The fraction of sp³-hybridized carbons (Fsp3) is 0.500. The summed E-state index contributed by atoms with van der Waals surface area (Å²) in [6.07, 6.45) is 2.35. The molecule has 1 fully saturated rings. The number of carbonyl (C=O) groups is 1. The van der Waals surface area contributed by atoms with E-state index < -0.39 is 0 Å². The van der Waals surface area contributed by atoms with Crippen molar-refractivity contribution in [2.75, 3.05) is 12.3 Å². The van der Waals surface area contributed by atoms with Gasteiger partial charge in [0.2, 0.25) is 5.91 Å². The Bertz CT molecular complexity index is 450. The zero-order valence-electron chi connectivity index (χ0n) is 8.85. The number of hydrogen-bond donors (Lipinski definition) is 2. The first-order chi connectivity index (χ1) is 7.65. The van der Waals surface area contributed by atoms with Crippen LogP contribution in [0.4, 0.5) is 5.82 Å². The summed E-state index contributed by atoms with van der Waals surface area (Å²) < 4.78 is 1.07. The average Bonchev–Trinajstić information content (AvgIpc) is 3.04. The van der Waals surface area contributed by atoms with Gasteiger partial charge in [0, 0.05) is 12.6 Å². The second kappa shape index (κ2) is 4.34. The maximum atomic E-state index is 11.5. The van der Waals surface area contributed by atoms with E-state index in [2.05, 4.69) is 10.4 Å². The van der Waals surface area contributed by atoms with Crippen LogP contribution in [-0.2, 0) is 11.3 Å². The van der Waals surface area contributed by atoms with Crippen molar-refractivity contribution >= 4 is 11.7 Å². The van der Waals surface area contributed by atoms with Gasteiger partial charge in [-0.1, -0.05) is 0 Å². The summed E-state index contributed by atoms with van der Waals surface area (Å²) >= 11 is 0. The highest BCUT2D eigenvalue weighted by Crippen LogP contribution is 2.27. The van der Waals surface area contributed by atoms with Crippen molar-refractivity contribution in [1.82, 2.24) is 15.1 Å². The molecule has 0 saturated heterocycles. The van der Waals surface area contributed by atoms with E-state index in [0.29, 0.717) is 12.5 Å². The molecule has 0 bridgehead atoms. The molecule has 0 spiro atoms. The van der Waals surface area contributed by atoms with Crippen molar-refractivity contribution < 1.29 is 4.79 Å². The van der Waals surface area contributed by atoms with Crippen molar-refractivity contribution in [3.63, 3.8) is 0 Å². The minimum Gasteiger partial charge on any atom is -0.382 e. The molecule has 1 saturated carbocycles. The summed E-state index contributed by atoms with van der Waals surface area (Å²) in [5, 5.41) is 6.54. The monoisotopic (exact) mass is 222 g/mol. The Balaban J connectivity index is 1.93. The van der Waals surface area contributed by atoms with Crippen LogP contribution in [0.2, 0.25) is 0 Å². The van der Waals surface area contributed by atoms with E-state index in [9.17, 15) is 9.59 Å². The Morgan fingerprint density at radius 1 is 1.56 bits per heavy atom. The van der Waals surface area contributed by atoms with Crippen molar-refractivity contribution in [1.29, 1.82) is 0 Å². The summed E-state index contributed by atoms with van der Waals surface area (Å²) in [7, 11) is 0. The summed E-state index contributed by atoms with van der Waals surface area (Å²) in [5.74, 6) is 0.649. The fourth-order valence-corrected chi connectivity index (χ4v) is 1.35. The highest BCUT2D eigenvalue weighted by atomic mass is 16.2. The molecule has 2 rings (SSSR count). The lowest BCUT2D eigenvalue weighted by atomic mass is 10.4. The summed E-state index contributed by atoms with van der Waals surface area (Å²) in [5.41, 5.74) is 5.11. The van der Waals surface area contributed by atoms with E-state index in [0.717, 1.165) is 4.68 Å². The number of nitrogens with one attached hydrogen (secondary N) is 1. The zero-order chi connectivity index (χ0) is 11.5. The number of hydrogen-bond acceptors (Lipinski definition) is 4. The second-order valence-electron chi connectivity index (χ2n) is 4.00. The van der Waals surface area contributed by atoms with E-state index in [1.165, 1.54) is 25.0 Å². The Morgan fingerprint density at radius 2 is 2.31 bits per heavy atom. The molecule has 0 unspecified atom stereocenters. The standard InChI is InChI=1S/C10H14N4O2/c11-8-3-4-10(16)14(13-8)6-9(15)12-5-7-1-2-7/h3-4,7H,1-2,5-6H2,(H2,11,13)(H,12,15). The SMILES string of the molecule is Nc1ccc(=O)n(CC(=O)NCC2CC2)n1. The topological polar surface area (TPSA) is 90.0 Å². The molecular formula is C10H14N4O2. The molecule has 6 nitrogen and oxygen atoms in total. The third-order valence-electron chi connectivity index (χ3n) is 2.47. The molecule has 3 N–H and O–H groups in total. The van der Waals surface area contributed by atoms with Crippen LogP contribution in [0.15, 0.2) is 16.9 Å². The maximum Gasteiger partial charge on any atom is 0.267 e. The van der Waals surface area contributed by atoms with Gasteiger partial charge in [0.15, 0.2) is 0 Å². The Kier molecular flexibility index (Phi) is 2.89. The van der Waals surface area contributed by atoms with Crippen LogP contribution < -0.4 is 16.6 Å². The average molecular weight is 222 g/mol. The molecular weight excluding hydrogens is 208 g/mol. The minimum absolute atomic E-state index is 0.0728. The van der Waals surface area contributed by atoms with Gasteiger partial charge in [-0.05, 0) is 24.8 Å². The van der Waals surface area contributed by atoms with Crippen molar-refractivity contribution in [2.24, 2.45) is 5.92 Å². The second-order valence-corrected chi connectivity index (χ2v) is 4.00. The largest absolute Gasteiger partial charge is 0.382 e. The molecule has 86 valence electrons. The van der Waals surface area contributed by atoms with Gasteiger partial charge in [0.1, 0.15) is 12.4 Å². The number of nitrogens with zero attached hydrogens (tertiary/aromatic N) is 2. The van der Waals surface area contributed by atoms with Gasteiger partial charge in [0.05, 0.1) is 0 Å². The van der Waals surface area contributed by atoms with Gasteiger partial charge < -0.3 is 11.1 Å². The molecule has 0 atom stereocenters. The molecule has 1 aromatic rings. The molecule has 1 aliphatic carbocycles. The Hall–Kier alpha value is -1.85. The van der Waals surface area contributed by atoms with E-state index in [-0.39, 0.29) is 23.8 Å². The van der Waals surface area contributed by atoms with Gasteiger partial charge in [-0.2, -0.15) is 5.10 Å². The number of carbonyl (C=O) groups excluding carboxylic acids is 1. The first-order valence-corrected chi connectivity index (χ1v) is 5.25. The molecule has 1 amide bonds. The highest BCUT2D eigenvalue weighted by molar-refractivity contribution is 5.75. The van der Waals surface area contributed by atoms with E-state index in [1.54, 1.807) is 0 Å². The Labute approximate surface area is 92.4 Å². The van der Waals surface area contributed by atoms with Crippen LogP contribution in [-0.4, -0.2) is 22.2 Å². The number of nitrogen functional groups attached to an aromatic ring is 1. The molecule has 16 heavy (non-hydrogen) atoms. The van der Waals surface area contributed by atoms with E-state index >= 15 is 0 Å². The number of nitrogens with two attached hydrogens (primary N) is 1. The summed E-state index contributed by atoms with van der Waals surface area (Å²) in [4.78, 5) is 22.8. The smallest absolute Gasteiger partial charge is 0.267 e. The van der Waals surface area contributed by atoms with Gasteiger partial charge >= 0.3 is 0 Å². The van der Waals surface area contributed by atoms with Crippen LogP contribution in [0.3, 0.4) is 0 Å². The number of amides is 1. The normalized spacial score (nSPS) is 14.8. The van der Waals surface area contributed by atoms with Crippen molar-refractivity contribution in [3.05, 3.63) is 22.5 Å². The lowest BCUT2D eigenvalue weighted by Crippen LogP contribution is -2.34. The molecule has 1 aromatic heterocycles. The van der Waals surface area contributed by atoms with Gasteiger partial charge in [0.25, 0.3) is 5.56 Å². The maximum absolute atomic E-state index is 11.5. The lowest BCUT2D eigenvalue weighted by Gasteiger charge is -2.05. The molecule has 1 heterocycles. The predicted molar refractivity (Wildman–Crippen MR) is 58.6 cm³/mol. The van der Waals surface area contributed by atoms with E-state index in [4.69, 9.17) is 5.73 Å². The van der Waals surface area contributed by atoms with Crippen LogP contribution >= 0.6 is 0 Å². The molecule has 1 aliphatic rings. The number of anilines is 1. The van der Waals surface area contributed by atoms with E-state index in [1.807, 2.05) is 0 Å². The van der Waals surface area contributed by atoms with Crippen LogP contribution in [0.5, 0.6) is 0 Å². The lowest BCUT2D eigenvalue weighted by molar-refractivity contribution is -0.121. The summed E-state index contributed by atoms with van der Waals surface area (Å²) in [6.45, 7) is 0.618. The first kappa shape index (κ1) is 10.7. The van der Waals surface area contributed by atoms with Gasteiger partial charge in [-0.3, -0.25) is 9.59 Å². The van der Waals surface area contributed by atoms with Crippen molar-refractivity contribution in [2.45, 2.75) is 19.4 Å². The highest BCUT2D eigenvalue weighted by Gasteiger charge is 2.21. The first-order valence-electron chi connectivity index (χ1n) is 5.25. The van der Waals surface area contributed by atoms with Crippen LogP contribution in [0.25, 0.3) is 0 Å². The molecule has 0 aromatic carbocycles. The Morgan fingerprint density at radius 3 is 3.00 bits per heavy atom. The number of aromatic nitrogens is 2. The third-order valence-corrected chi connectivity index (χ3v) is 2.47. The summed E-state index contributed by atoms with van der Waals surface area (Å²) in [6, 6.07) is 2.72. The molecule has 0 aliphatic heterocycles. The quantitative estimate of drug-likeness (QED) is 0.708. The third kappa shape index (κ3) is 2.82. The van der Waals surface area contributed by atoms with Gasteiger partial charge in [-0.15, -0.1) is 0 Å². The van der Waals surface area contributed by atoms with Crippen molar-refractivity contribution in [3.8, 4) is 0 Å². The molecule has 6 heteroatoms. The van der Waals surface area contributed by atoms with Crippen LogP contribution in [0, 0.1) is 5.92 Å². The predicted octanol–water partition coefficient (Wildman–Crippen LogP) is -0.648. The minimum atomic E-state index is -0.323.